The number of allylic oxidation sites excluding steroid dienone is 1. The van der Waals surface area contributed by atoms with Gasteiger partial charge in [-0.05, 0) is 63.1 Å². The van der Waals surface area contributed by atoms with Crippen LogP contribution in [0, 0.1) is 5.41 Å². The Labute approximate surface area is 190 Å². The first-order valence-corrected chi connectivity index (χ1v) is 11.3. The van der Waals surface area contributed by atoms with E-state index in [-0.39, 0.29) is 6.10 Å². The van der Waals surface area contributed by atoms with Gasteiger partial charge in [0.2, 0.25) is 0 Å². The van der Waals surface area contributed by atoms with Gasteiger partial charge in [0.1, 0.15) is 11.5 Å². The molecule has 0 bridgehead atoms. The molecule has 2 atom stereocenters. The summed E-state index contributed by atoms with van der Waals surface area (Å²) < 4.78 is 15.7. The molecular formula is C26H44N2O3. The second-order valence-corrected chi connectivity index (χ2v) is 6.15. The first-order chi connectivity index (χ1) is 15.1. The molecular weight excluding hydrogens is 388 g/mol. The van der Waals surface area contributed by atoms with Crippen LogP contribution in [-0.2, 0) is 9.47 Å². The zero-order chi connectivity index (χ0) is 23.9. The topological polar surface area (TPSA) is 63.6 Å². The van der Waals surface area contributed by atoms with Crippen LogP contribution in [0.2, 0.25) is 0 Å². The quantitative estimate of drug-likeness (QED) is 0.181. The minimum atomic E-state index is 0.192. The lowest BCUT2D eigenvalue weighted by Crippen LogP contribution is -2.28. The van der Waals surface area contributed by atoms with Gasteiger partial charge in [-0.15, -0.1) is 6.58 Å². The van der Waals surface area contributed by atoms with E-state index in [4.69, 9.17) is 19.6 Å². The zero-order valence-corrected chi connectivity index (χ0v) is 20.4. The van der Waals surface area contributed by atoms with Gasteiger partial charge >= 0.3 is 0 Å². The van der Waals surface area contributed by atoms with Crippen LogP contribution in [0.3, 0.4) is 0 Å². The van der Waals surface area contributed by atoms with E-state index in [2.05, 4.69) is 18.5 Å². The highest BCUT2D eigenvalue weighted by molar-refractivity contribution is 5.65. The number of rotatable bonds is 10. The van der Waals surface area contributed by atoms with Gasteiger partial charge in [-0.2, -0.15) is 0 Å². The maximum absolute atomic E-state index is 6.79. The van der Waals surface area contributed by atoms with Crippen molar-refractivity contribution in [1.29, 1.82) is 5.41 Å². The summed E-state index contributed by atoms with van der Waals surface area (Å²) in [7, 11) is 0. The molecule has 2 N–H and O–H groups in total. The molecule has 0 saturated carbocycles. The molecule has 1 fully saturated rings. The van der Waals surface area contributed by atoms with E-state index < -0.39 is 0 Å². The summed E-state index contributed by atoms with van der Waals surface area (Å²) in [6.07, 6.45) is 9.97. The van der Waals surface area contributed by atoms with Crippen molar-refractivity contribution in [3.05, 3.63) is 61.4 Å². The molecule has 0 radical (unpaired) electrons. The van der Waals surface area contributed by atoms with E-state index in [0.717, 1.165) is 37.3 Å². The third-order valence-electron chi connectivity index (χ3n) is 3.97. The third kappa shape index (κ3) is 16.0. The summed E-state index contributed by atoms with van der Waals surface area (Å²) in [5.74, 6) is 1.21. The molecule has 1 saturated heterocycles. The highest BCUT2D eigenvalue weighted by atomic mass is 16.5. The average molecular weight is 433 g/mol. The monoisotopic (exact) mass is 432 g/mol. The van der Waals surface area contributed by atoms with Crippen LogP contribution in [-0.4, -0.2) is 31.7 Å². The minimum Gasteiger partial charge on any atom is -0.465 e. The number of nitrogens with one attached hydrogen (secondary N) is 2. The summed E-state index contributed by atoms with van der Waals surface area (Å²) in [5.41, 5.74) is 0.829. The molecule has 5 nitrogen and oxygen atoms in total. The van der Waals surface area contributed by atoms with Gasteiger partial charge in [-0.25, -0.2) is 0 Å². The number of ether oxygens (including phenoxy) is 3. The molecule has 1 aliphatic heterocycles. The van der Waals surface area contributed by atoms with E-state index in [1.807, 2.05) is 78.0 Å². The van der Waals surface area contributed by atoms with Crippen molar-refractivity contribution in [3.63, 3.8) is 0 Å². The number of hydrogen-bond donors (Lipinski definition) is 2. The van der Waals surface area contributed by atoms with Gasteiger partial charge in [-0.1, -0.05) is 47.3 Å². The molecule has 1 unspecified atom stereocenters. The molecule has 1 heterocycles. The fraction of sp³-hybridized carbons (Fsp3) is 0.500. The maximum Gasteiger partial charge on any atom is 0.173 e. The van der Waals surface area contributed by atoms with E-state index >= 15 is 0 Å². The Morgan fingerprint density at radius 2 is 1.87 bits per heavy atom. The summed E-state index contributed by atoms with van der Waals surface area (Å²) in [5, 5.41) is 10.2. The molecule has 0 aliphatic carbocycles. The van der Waals surface area contributed by atoms with Gasteiger partial charge in [0.05, 0.1) is 19.0 Å². The second kappa shape index (κ2) is 22.3. The molecule has 176 valence electrons. The summed E-state index contributed by atoms with van der Waals surface area (Å²) in [6.45, 7) is 21.4. The van der Waals surface area contributed by atoms with Crippen molar-refractivity contribution < 1.29 is 14.2 Å². The largest absolute Gasteiger partial charge is 0.465 e. The number of benzene rings is 1. The van der Waals surface area contributed by atoms with Gasteiger partial charge < -0.3 is 19.5 Å². The van der Waals surface area contributed by atoms with Gasteiger partial charge in [0, 0.05) is 11.6 Å². The fourth-order valence-corrected chi connectivity index (χ4v) is 2.32. The SMILES string of the molecule is C=C(OC=N)c1ccc(O/C=C/CC)cc1.C=CC(C)OC[C@H]1CCCN1.CC.CC. The maximum atomic E-state index is 6.79. The van der Waals surface area contributed by atoms with Crippen LogP contribution in [0.5, 0.6) is 5.75 Å². The Kier molecular flexibility index (Phi) is 22.2. The van der Waals surface area contributed by atoms with Crippen LogP contribution in [0.4, 0.5) is 0 Å². The fourth-order valence-electron chi connectivity index (χ4n) is 2.32. The smallest absolute Gasteiger partial charge is 0.173 e. The lowest BCUT2D eigenvalue weighted by Gasteiger charge is -2.13. The summed E-state index contributed by atoms with van der Waals surface area (Å²) in [4.78, 5) is 0. The Morgan fingerprint density at radius 1 is 1.23 bits per heavy atom. The van der Waals surface area contributed by atoms with Crippen LogP contribution >= 0.6 is 0 Å². The van der Waals surface area contributed by atoms with E-state index in [9.17, 15) is 0 Å². The standard InChI is InChI=1S/C13H15NO2.C9H17NO.2C2H6/c1-3-4-9-15-13-7-5-12(6-8-13)11(2)16-10-14;1-3-8(2)11-7-9-5-4-6-10-9;2*1-2/h4-10,14H,2-3H2,1H3;3,8-10H,1,4-7H2,2H3;2*1-2H3/b9-4+,14-10?;;;/t;8?,9-;;/m.1../s1. The first-order valence-electron chi connectivity index (χ1n) is 11.3. The van der Waals surface area contributed by atoms with Crippen LogP contribution in [0.25, 0.3) is 5.76 Å². The van der Waals surface area contributed by atoms with Crippen molar-refractivity contribution >= 4 is 12.2 Å². The van der Waals surface area contributed by atoms with Crippen molar-refractivity contribution in [3.8, 4) is 5.75 Å². The second-order valence-electron chi connectivity index (χ2n) is 6.15. The molecule has 0 amide bonds. The predicted octanol–water partition coefficient (Wildman–Crippen LogP) is 6.97. The van der Waals surface area contributed by atoms with Gasteiger partial charge in [-0.3, -0.25) is 5.41 Å². The Hall–Kier alpha value is -2.37. The Morgan fingerprint density at radius 3 is 2.35 bits per heavy atom. The molecule has 1 aromatic carbocycles. The van der Waals surface area contributed by atoms with Gasteiger partial charge in [0.15, 0.2) is 6.40 Å². The highest BCUT2D eigenvalue weighted by Crippen LogP contribution is 2.18. The predicted molar refractivity (Wildman–Crippen MR) is 135 cm³/mol. The highest BCUT2D eigenvalue weighted by Gasteiger charge is 2.14. The van der Waals surface area contributed by atoms with E-state index in [1.165, 1.54) is 12.8 Å². The molecule has 31 heavy (non-hydrogen) atoms. The summed E-state index contributed by atoms with van der Waals surface area (Å²) in [6, 6.07) is 7.90. The molecule has 2 rings (SSSR count). The van der Waals surface area contributed by atoms with Crippen molar-refractivity contribution in [2.45, 2.75) is 73.0 Å². The molecule has 0 spiro atoms. The molecule has 1 aromatic rings. The third-order valence-corrected chi connectivity index (χ3v) is 3.97. The normalized spacial score (nSPS) is 15.1. The lowest BCUT2D eigenvalue weighted by molar-refractivity contribution is 0.0823. The summed E-state index contributed by atoms with van der Waals surface area (Å²) >= 11 is 0. The van der Waals surface area contributed by atoms with Crippen molar-refractivity contribution in [1.82, 2.24) is 5.32 Å². The Balaban J connectivity index is 0. The van der Waals surface area contributed by atoms with E-state index in [0.29, 0.717) is 11.8 Å². The lowest BCUT2D eigenvalue weighted by atomic mass is 10.2. The molecule has 5 heteroatoms. The van der Waals surface area contributed by atoms with Crippen LogP contribution in [0.1, 0.15) is 66.4 Å². The average Bonchev–Trinajstić information content (AvgIpc) is 3.35. The van der Waals surface area contributed by atoms with E-state index in [1.54, 1.807) is 6.26 Å². The number of hydrogen-bond acceptors (Lipinski definition) is 5. The van der Waals surface area contributed by atoms with Gasteiger partial charge in [0.25, 0.3) is 0 Å². The van der Waals surface area contributed by atoms with Crippen molar-refractivity contribution in [2.75, 3.05) is 13.2 Å². The minimum absolute atomic E-state index is 0.192. The molecule has 0 aromatic heterocycles. The first kappa shape index (κ1) is 30.8. The van der Waals surface area contributed by atoms with Crippen LogP contribution < -0.4 is 10.1 Å². The van der Waals surface area contributed by atoms with Crippen LogP contribution in [0.15, 0.2) is 55.8 Å². The van der Waals surface area contributed by atoms with Crippen molar-refractivity contribution in [2.24, 2.45) is 0 Å². The molecule has 1 aliphatic rings. The zero-order valence-electron chi connectivity index (χ0n) is 20.4. The Bertz CT molecular complexity index is 591.